The molecule has 3 aromatic carbocycles. The van der Waals surface area contributed by atoms with E-state index in [1.165, 1.54) is 6.07 Å². The first kappa shape index (κ1) is 18.5. The summed E-state index contributed by atoms with van der Waals surface area (Å²) in [6.45, 7) is 3.41. The number of aromatic nitrogens is 2. The van der Waals surface area contributed by atoms with Gasteiger partial charge < -0.3 is 9.97 Å². The van der Waals surface area contributed by atoms with Crippen LogP contribution in [0.5, 0.6) is 0 Å². The van der Waals surface area contributed by atoms with Crippen LogP contribution in [-0.4, -0.2) is 22.9 Å². The Morgan fingerprint density at radius 3 is 2.20 bits per heavy atom. The Kier molecular flexibility index (Phi) is 3.71. The third kappa shape index (κ3) is 2.51. The highest BCUT2D eigenvalue weighted by atomic mass is 32.2. The number of rotatable bonds is 1. The molecule has 7 nitrogen and oxygen atoms in total. The maximum absolute atomic E-state index is 13.3. The molecule has 0 aliphatic rings. The summed E-state index contributed by atoms with van der Waals surface area (Å²) in [5, 5.41) is 1.11. The van der Waals surface area contributed by atoms with Crippen LogP contribution in [0.3, 0.4) is 0 Å². The highest BCUT2D eigenvalue weighted by Gasteiger charge is 2.21. The number of hydrogen-bond acceptors (Lipinski definition) is 4. The van der Waals surface area contributed by atoms with Gasteiger partial charge in [-0.15, -0.1) is 0 Å². The molecule has 0 fully saturated rings. The summed E-state index contributed by atoms with van der Waals surface area (Å²) in [6, 6.07) is 11.6. The SMILES string of the molecule is Cc1cc(S(=O)(=O)O)c2c(=O)c3cc4[nH]c5ccccc5c(=O)c4c(C)c3[nH]c2c1. The summed E-state index contributed by atoms with van der Waals surface area (Å²) in [6.07, 6.45) is 0. The van der Waals surface area contributed by atoms with E-state index in [9.17, 15) is 22.6 Å². The van der Waals surface area contributed by atoms with Crippen molar-refractivity contribution in [2.45, 2.75) is 18.7 Å². The van der Waals surface area contributed by atoms with Crippen molar-refractivity contribution in [3.8, 4) is 0 Å². The number of pyridine rings is 2. The number of nitrogens with one attached hydrogen (secondary N) is 2. The molecule has 0 saturated heterocycles. The maximum Gasteiger partial charge on any atom is 0.295 e. The average molecular weight is 420 g/mol. The fourth-order valence-electron chi connectivity index (χ4n) is 4.18. The van der Waals surface area contributed by atoms with Crippen LogP contribution >= 0.6 is 0 Å². The monoisotopic (exact) mass is 420 g/mol. The highest BCUT2D eigenvalue weighted by molar-refractivity contribution is 7.86. The zero-order valence-corrected chi connectivity index (χ0v) is 16.8. The molecule has 0 spiro atoms. The predicted molar refractivity (Wildman–Crippen MR) is 117 cm³/mol. The number of aromatic amines is 2. The minimum Gasteiger partial charge on any atom is -0.354 e. The van der Waals surface area contributed by atoms with E-state index in [4.69, 9.17) is 0 Å². The summed E-state index contributed by atoms with van der Waals surface area (Å²) in [5.41, 5.74) is 2.31. The summed E-state index contributed by atoms with van der Waals surface area (Å²) >= 11 is 0. The Morgan fingerprint density at radius 1 is 0.800 bits per heavy atom. The zero-order valence-electron chi connectivity index (χ0n) is 16.0. The normalized spacial score (nSPS) is 12.4. The van der Waals surface area contributed by atoms with Gasteiger partial charge in [0.1, 0.15) is 4.90 Å². The molecular weight excluding hydrogens is 404 g/mol. The number of hydrogen-bond donors (Lipinski definition) is 3. The molecule has 0 unspecified atom stereocenters. The third-order valence-electron chi connectivity index (χ3n) is 5.50. The van der Waals surface area contributed by atoms with Crippen molar-refractivity contribution in [2.75, 3.05) is 0 Å². The van der Waals surface area contributed by atoms with Crippen LogP contribution in [0.4, 0.5) is 0 Å². The molecule has 3 N–H and O–H groups in total. The zero-order chi connectivity index (χ0) is 21.4. The largest absolute Gasteiger partial charge is 0.354 e. The molecule has 0 bridgehead atoms. The summed E-state index contributed by atoms with van der Waals surface area (Å²) in [4.78, 5) is 32.3. The lowest BCUT2D eigenvalue weighted by atomic mass is 10.00. The van der Waals surface area contributed by atoms with E-state index in [1.807, 2.05) is 0 Å². The molecule has 150 valence electrons. The van der Waals surface area contributed by atoms with Gasteiger partial charge in [-0.1, -0.05) is 12.1 Å². The molecule has 0 aliphatic carbocycles. The van der Waals surface area contributed by atoms with Crippen LogP contribution in [0.2, 0.25) is 0 Å². The summed E-state index contributed by atoms with van der Waals surface area (Å²) in [5.74, 6) is 0. The second kappa shape index (κ2) is 6.01. The van der Waals surface area contributed by atoms with E-state index in [-0.39, 0.29) is 21.7 Å². The Bertz CT molecular complexity index is 1780. The summed E-state index contributed by atoms with van der Waals surface area (Å²) in [7, 11) is -4.61. The molecule has 5 aromatic rings. The van der Waals surface area contributed by atoms with Crippen molar-refractivity contribution < 1.29 is 13.0 Å². The predicted octanol–water partition coefficient (Wildman–Crippen LogP) is 3.54. The number of H-pyrrole nitrogens is 2. The topological polar surface area (TPSA) is 120 Å². The van der Waals surface area contributed by atoms with Crippen LogP contribution in [0, 0.1) is 13.8 Å². The molecule has 0 amide bonds. The van der Waals surface area contributed by atoms with Gasteiger partial charge in [-0.3, -0.25) is 14.1 Å². The van der Waals surface area contributed by atoms with E-state index < -0.39 is 20.4 Å². The van der Waals surface area contributed by atoms with Gasteiger partial charge in [0, 0.05) is 16.3 Å². The lowest BCUT2D eigenvalue weighted by molar-refractivity contribution is 0.484. The van der Waals surface area contributed by atoms with Gasteiger partial charge in [0.05, 0.1) is 27.3 Å². The smallest absolute Gasteiger partial charge is 0.295 e. The number of fused-ring (bicyclic) bond motifs is 4. The Balaban J connectivity index is 2.08. The van der Waals surface area contributed by atoms with Crippen molar-refractivity contribution in [3.63, 3.8) is 0 Å². The fraction of sp³-hybridized carbons (Fsp3) is 0.0909. The second-order valence-corrected chi connectivity index (χ2v) is 8.85. The Hall–Kier alpha value is -3.49. The number of aryl methyl sites for hydroxylation is 2. The minimum absolute atomic E-state index is 0.113. The molecule has 0 atom stereocenters. The molecule has 8 heteroatoms. The van der Waals surface area contributed by atoms with Gasteiger partial charge in [0.25, 0.3) is 10.1 Å². The van der Waals surface area contributed by atoms with Crippen LogP contribution in [0.1, 0.15) is 11.1 Å². The first-order valence-electron chi connectivity index (χ1n) is 9.19. The molecular formula is C22H16N2O5S. The molecule has 0 radical (unpaired) electrons. The van der Waals surface area contributed by atoms with Crippen LogP contribution < -0.4 is 10.9 Å². The highest BCUT2D eigenvalue weighted by Crippen LogP contribution is 2.28. The molecule has 2 aromatic heterocycles. The summed E-state index contributed by atoms with van der Waals surface area (Å²) < 4.78 is 33.5. The minimum atomic E-state index is -4.61. The van der Waals surface area contributed by atoms with Crippen molar-refractivity contribution >= 4 is 53.7 Å². The lowest BCUT2D eigenvalue weighted by Crippen LogP contribution is -2.13. The molecule has 0 aliphatic heterocycles. The molecule has 5 rings (SSSR count). The fourth-order valence-corrected chi connectivity index (χ4v) is 4.97. The van der Waals surface area contributed by atoms with Crippen molar-refractivity contribution in [1.82, 2.24) is 9.97 Å². The first-order chi connectivity index (χ1) is 14.2. The first-order valence-corrected chi connectivity index (χ1v) is 10.6. The maximum atomic E-state index is 13.3. The van der Waals surface area contributed by atoms with Gasteiger partial charge in [0.2, 0.25) is 0 Å². The number of para-hydroxylation sites is 1. The molecule has 0 saturated carbocycles. The van der Waals surface area contributed by atoms with Crippen molar-refractivity contribution in [3.05, 3.63) is 74.0 Å². The van der Waals surface area contributed by atoms with Gasteiger partial charge in [-0.2, -0.15) is 8.42 Å². The van der Waals surface area contributed by atoms with Crippen molar-refractivity contribution in [1.29, 1.82) is 0 Å². The van der Waals surface area contributed by atoms with Crippen LogP contribution in [0.25, 0.3) is 43.6 Å². The van der Waals surface area contributed by atoms with Gasteiger partial charge >= 0.3 is 0 Å². The standard InChI is InChI=1S/C22H16N2O5S/c1-10-7-15-19(17(8-10)30(27,28)29)22(26)13-9-16-18(11(2)20(13)24-15)21(25)12-5-3-4-6-14(12)23-16/h3-9H,1-2H3,(H,23,25)(H,24,26)(H,27,28,29). The van der Waals surface area contributed by atoms with E-state index in [1.54, 1.807) is 50.2 Å². The van der Waals surface area contributed by atoms with Crippen molar-refractivity contribution in [2.24, 2.45) is 0 Å². The van der Waals surface area contributed by atoms with Crippen LogP contribution in [-0.2, 0) is 10.1 Å². The molecule has 2 heterocycles. The molecule has 30 heavy (non-hydrogen) atoms. The van der Waals surface area contributed by atoms with E-state index >= 15 is 0 Å². The average Bonchev–Trinajstić information content (AvgIpc) is 2.68. The van der Waals surface area contributed by atoms with Crippen LogP contribution in [0.15, 0.2) is 56.9 Å². The van der Waals surface area contributed by atoms with Gasteiger partial charge in [-0.25, -0.2) is 0 Å². The van der Waals surface area contributed by atoms with E-state index in [2.05, 4.69) is 9.97 Å². The second-order valence-electron chi connectivity index (χ2n) is 7.46. The van der Waals surface area contributed by atoms with E-state index in [0.717, 1.165) is 0 Å². The van der Waals surface area contributed by atoms with Gasteiger partial charge in [-0.05, 0) is 55.3 Å². The lowest BCUT2D eigenvalue weighted by Gasteiger charge is -2.12. The number of benzene rings is 3. The van der Waals surface area contributed by atoms with E-state index in [0.29, 0.717) is 38.4 Å². The third-order valence-corrected chi connectivity index (χ3v) is 6.38. The van der Waals surface area contributed by atoms with Gasteiger partial charge in [0.15, 0.2) is 10.9 Å². The quantitative estimate of drug-likeness (QED) is 0.283. The Labute approximate surface area is 169 Å². The Morgan fingerprint density at radius 2 is 1.47 bits per heavy atom.